The molecule has 0 aliphatic heterocycles. The number of halogens is 1. The van der Waals surface area contributed by atoms with E-state index in [1.807, 2.05) is 12.1 Å². The molecule has 4 rings (SSSR count). The van der Waals surface area contributed by atoms with Crippen molar-refractivity contribution in [3.63, 3.8) is 0 Å². The number of methoxy groups -OCH3 is 2. The second-order valence-corrected chi connectivity index (χ2v) is 7.27. The molecule has 0 amide bonds. The SMILES string of the molecule is COc1ccc(CCn2c(=O)c3cccnc3n(Cc3ccc(F)cc3)c2=O)cc1OC. The minimum absolute atomic E-state index is 0.170. The van der Waals surface area contributed by atoms with Gasteiger partial charge in [-0.2, -0.15) is 0 Å². The van der Waals surface area contributed by atoms with Crippen molar-refractivity contribution < 1.29 is 13.9 Å². The predicted molar refractivity (Wildman–Crippen MR) is 119 cm³/mol. The fourth-order valence-corrected chi connectivity index (χ4v) is 3.64. The lowest BCUT2D eigenvalue weighted by Gasteiger charge is -2.14. The number of rotatable bonds is 7. The molecule has 2 heterocycles. The summed E-state index contributed by atoms with van der Waals surface area (Å²) in [6.07, 6.45) is 1.98. The van der Waals surface area contributed by atoms with Crippen LogP contribution in [0.2, 0.25) is 0 Å². The monoisotopic (exact) mass is 435 g/mol. The van der Waals surface area contributed by atoms with Crippen LogP contribution in [0.15, 0.2) is 70.4 Å². The van der Waals surface area contributed by atoms with E-state index in [-0.39, 0.29) is 18.9 Å². The molecule has 8 heteroatoms. The molecule has 2 aromatic carbocycles. The normalized spacial score (nSPS) is 11.0. The number of aromatic nitrogens is 3. The zero-order valence-corrected chi connectivity index (χ0v) is 17.7. The standard InChI is InChI=1S/C24H22FN3O4/c1-31-20-10-7-16(14-21(20)32-2)11-13-27-23(29)19-4-3-12-26-22(19)28(24(27)30)15-17-5-8-18(25)9-6-17/h3-10,12,14H,11,13,15H2,1-2H3. The van der Waals surface area contributed by atoms with Crippen LogP contribution in [-0.4, -0.2) is 28.3 Å². The number of fused-ring (bicyclic) bond motifs is 1. The van der Waals surface area contributed by atoms with Crippen LogP contribution >= 0.6 is 0 Å². The molecule has 164 valence electrons. The molecule has 0 N–H and O–H groups in total. The van der Waals surface area contributed by atoms with Gasteiger partial charge in [-0.3, -0.25) is 13.9 Å². The molecule has 4 aromatic rings. The lowest BCUT2D eigenvalue weighted by atomic mass is 10.1. The predicted octanol–water partition coefficient (Wildman–Crippen LogP) is 3.01. The van der Waals surface area contributed by atoms with Crippen molar-refractivity contribution in [1.29, 1.82) is 0 Å². The Morgan fingerprint density at radius 3 is 2.34 bits per heavy atom. The molecule has 0 aliphatic carbocycles. The summed E-state index contributed by atoms with van der Waals surface area (Å²) >= 11 is 0. The summed E-state index contributed by atoms with van der Waals surface area (Å²) in [4.78, 5) is 30.6. The summed E-state index contributed by atoms with van der Waals surface area (Å²) in [5, 5.41) is 0.349. The summed E-state index contributed by atoms with van der Waals surface area (Å²) in [6, 6.07) is 14.7. The maximum absolute atomic E-state index is 13.3. The molecule has 7 nitrogen and oxygen atoms in total. The summed E-state index contributed by atoms with van der Waals surface area (Å²) in [6.45, 7) is 0.352. The van der Waals surface area contributed by atoms with Crippen molar-refractivity contribution >= 4 is 11.0 Å². The number of aryl methyl sites for hydroxylation is 1. The van der Waals surface area contributed by atoms with Crippen molar-refractivity contribution in [3.05, 3.63) is 98.6 Å². The summed E-state index contributed by atoms with van der Waals surface area (Å²) < 4.78 is 26.5. The average molecular weight is 435 g/mol. The number of hydrogen-bond donors (Lipinski definition) is 0. The average Bonchev–Trinajstić information content (AvgIpc) is 2.82. The fourth-order valence-electron chi connectivity index (χ4n) is 3.64. The van der Waals surface area contributed by atoms with Gasteiger partial charge in [-0.15, -0.1) is 0 Å². The highest BCUT2D eigenvalue weighted by atomic mass is 19.1. The minimum atomic E-state index is -0.467. The van der Waals surface area contributed by atoms with Crippen molar-refractivity contribution in [2.75, 3.05) is 14.2 Å². The second kappa shape index (κ2) is 9.05. The van der Waals surface area contributed by atoms with E-state index in [9.17, 15) is 14.0 Å². The van der Waals surface area contributed by atoms with Gasteiger partial charge in [0.1, 0.15) is 11.5 Å². The highest BCUT2D eigenvalue weighted by molar-refractivity contribution is 5.73. The van der Waals surface area contributed by atoms with Gasteiger partial charge in [0.05, 0.1) is 26.2 Å². The van der Waals surface area contributed by atoms with E-state index in [2.05, 4.69) is 4.98 Å². The van der Waals surface area contributed by atoms with Crippen LogP contribution in [0, 0.1) is 5.82 Å². The minimum Gasteiger partial charge on any atom is -0.493 e. The molecule has 32 heavy (non-hydrogen) atoms. The first-order chi connectivity index (χ1) is 15.5. The van der Waals surface area contributed by atoms with Crippen molar-refractivity contribution in [1.82, 2.24) is 14.1 Å². The number of nitrogens with zero attached hydrogens (tertiary/aromatic N) is 3. The van der Waals surface area contributed by atoms with E-state index in [4.69, 9.17) is 9.47 Å². The molecule has 0 spiro atoms. The summed E-state index contributed by atoms with van der Waals surface area (Å²) in [5.41, 5.74) is 1.06. The van der Waals surface area contributed by atoms with Gasteiger partial charge >= 0.3 is 5.69 Å². The fraction of sp³-hybridized carbons (Fsp3) is 0.208. The van der Waals surface area contributed by atoms with Crippen molar-refractivity contribution in [2.24, 2.45) is 0 Å². The Morgan fingerprint density at radius 1 is 0.906 bits per heavy atom. The van der Waals surface area contributed by atoms with E-state index in [1.54, 1.807) is 44.6 Å². The molecule has 0 aliphatic rings. The Kier molecular flexibility index (Phi) is 6.02. The first kappa shape index (κ1) is 21.3. The van der Waals surface area contributed by atoms with Crippen molar-refractivity contribution in [3.8, 4) is 11.5 Å². The van der Waals surface area contributed by atoms with Crippen LogP contribution in [0.1, 0.15) is 11.1 Å². The van der Waals surface area contributed by atoms with E-state index < -0.39 is 11.2 Å². The highest BCUT2D eigenvalue weighted by Gasteiger charge is 2.15. The van der Waals surface area contributed by atoms with Crippen LogP contribution in [-0.2, 0) is 19.5 Å². The van der Waals surface area contributed by atoms with Gasteiger partial charge in [0, 0.05) is 12.7 Å². The molecule has 0 saturated carbocycles. The third kappa shape index (κ3) is 4.12. The quantitative estimate of drug-likeness (QED) is 0.446. The maximum atomic E-state index is 13.3. The van der Waals surface area contributed by atoms with Crippen LogP contribution in [0.4, 0.5) is 4.39 Å². The molecular formula is C24H22FN3O4. The van der Waals surface area contributed by atoms with Crippen LogP contribution in [0.25, 0.3) is 11.0 Å². The van der Waals surface area contributed by atoms with Gasteiger partial charge in [-0.05, 0) is 53.9 Å². The summed E-state index contributed by atoms with van der Waals surface area (Å²) in [5.74, 6) is 0.824. The van der Waals surface area contributed by atoms with Crippen LogP contribution in [0.5, 0.6) is 11.5 Å². The Balaban J connectivity index is 1.74. The third-order valence-electron chi connectivity index (χ3n) is 5.31. The first-order valence-electron chi connectivity index (χ1n) is 10.1. The van der Waals surface area contributed by atoms with E-state index in [1.165, 1.54) is 27.5 Å². The maximum Gasteiger partial charge on any atom is 0.332 e. The molecule has 0 fully saturated rings. The Bertz CT molecular complexity index is 1380. The topological polar surface area (TPSA) is 75.4 Å². The summed E-state index contributed by atoms with van der Waals surface area (Å²) in [7, 11) is 3.11. The van der Waals surface area contributed by atoms with Gasteiger partial charge < -0.3 is 9.47 Å². The number of ether oxygens (including phenoxy) is 2. The second-order valence-electron chi connectivity index (χ2n) is 7.27. The smallest absolute Gasteiger partial charge is 0.332 e. The molecule has 0 radical (unpaired) electrons. The molecule has 0 atom stereocenters. The van der Waals surface area contributed by atoms with E-state index in [0.29, 0.717) is 29.0 Å². The van der Waals surface area contributed by atoms with Crippen molar-refractivity contribution in [2.45, 2.75) is 19.5 Å². The lowest BCUT2D eigenvalue weighted by Crippen LogP contribution is -2.41. The molecule has 2 aromatic heterocycles. The Hall–Kier alpha value is -3.94. The zero-order valence-electron chi connectivity index (χ0n) is 17.7. The van der Waals surface area contributed by atoms with Gasteiger partial charge in [0.2, 0.25) is 0 Å². The van der Waals surface area contributed by atoms with Crippen LogP contribution in [0.3, 0.4) is 0 Å². The van der Waals surface area contributed by atoms with Gasteiger partial charge in [-0.1, -0.05) is 18.2 Å². The van der Waals surface area contributed by atoms with Gasteiger partial charge in [0.25, 0.3) is 5.56 Å². The molecule has 0 bridgehead atoms. The Morgan fingerprint density at radius 2 is 1.62 bits per heavy atom. The van der Waals surface area contributed by atoms with Gasteiger partial charge in [-0.25, -0.2) is 14.2 Å². The number of hydrogen-bond acceptors (Lipinski definition) is 5. The first-order valence-corrected chi connectivity index (χ1v) is 10.1. The number of benzene rings is 2. The lowest BCUT2D eigenvalue weighted by molar-refractivity contribution is 0.354. The largest absolute Gasteiger partial charge is 0.493 e. The zero-order chi connectivity index (χ0) is 22.7. The van der Waals surface area contributed by atoms with Gasteiger partial charge in [0.15, 0.2) is 11.5 Å². The van der Waals surface area contributed by atoms with E-state index in [0.717, 1.165) is 11.1 Å². The molecule has 0 saturated heterocycles. The van der Waals surface area contributed by atoms with E-state index >= 15 is 0 Å². The Labute approximate surface area is 183 Å². The number of pyridine rings is 1. The molecular weight excluding hydrogens is 413 g/mol. The molecule has 0 unspecified atom stereocenters. The third-order valence-corrected chi connectivity index (χ3v) is 5.31. The highest BCUT2D eigenvalue weighted by Crippen LogP contribution is 2.27. The van der Waals surface area contributed by atoms with Crippen LogP contribution < -0.4 is 20.7 Å².